The van der Waals surface area contributed by atoms with Crippen LogP contribution < -0.4 is 10.6 Å². The zero-order valence-electron chi connectivity index (χ0n) is 17.8. The molecule has 1 heterocycles. The summed E-state index contributed by atoms with van der Waals surface area (Å²) in [5.41, 5.74) is 9.21. The van der Waals surface area contributed by atoms with Crippen molar-refractivity contribution in [2.75, 3.05) is 12.0 Å². The van der Waals surface area contributed by atoms with Gasteiger partial charge in [-0.1, -0.05) is 44.2 Å². The minimum Gasteiger partial charge on any atom is -0.466 e. The molecule has 2 N–H and O–H groups in total. The highest BCUT2D eigenvalue weighted by molar-refractivity contribution is 6.05. The van der Waals surface area contributed by atoms with Crippen LogP contribution >= 0.6 is 0 Å². The summed E-state index contributed by atoms with van der Waals surface area (Å²) in [6.45, 7) is 4.07. The van der Waals surface area contributed by atoms with Crippen LogP contribution in [0.25, 0.3) is 0 Å². The lowest BCUT2D eigenvalue weighted by Crippen LogP contribution is -2.43. The summed E-state index contributed by atoms with van der Waals surface area (Å²) in [5.74, 6) is -1.43. The van der Waals surface area contributed by atoms with Crippen molar-refractivity contribution < 1.29 is 18.7 Å². The van der Waals surface area contributed by atoms with Crippen molar-refractivity contribution >= 4 is 17.4 Å². The molecular weight excluding hydrogens is 395 g/mol. The van der Waals surface area contributed by atoms with Crippen LogP contribution in [-0.2, 0) is 14.3 Å². The number of allylic oxidation sites excluding steroid dienone is 2. The number of esters is 1. The number of rotatable bonds is 3. The van der Waals surface area contributed by atoms with E-state index in [1.54, 1.807) is 17.0 Å². The van der Waals surface area contributed by atoms with Gasteiger partial charge in [-0.2, -0.15) is 0 Å². The summed E-state index contributed by atoms with van der Waals surface area (Å²) in [5, 5.41) is 0. The van der Waals surface area contributed by atoms with Crippen LogP contribution in [0.5, 0.6) is 0 Å². The van der Waals surface area contributed by atoms with Gasteiger partial charge in [-0.15, -0.1) is 0 Å². The maximum atomic E-state index is 13.6. The fraction of sp³-hybridized carbons (Fsp3) is 0.280. The van der Waals surface area contributed by atoms with E-state index in [1.807, 2.05) is 44.2 Å². The first-order chi connectivity index (χ1) is 14.7. The van der Waals surface area contributed by atoms with E-state index in [9.17, 15) is 14.0 Å². The predicted octanol–water partition coefficient (Wildman–Crippen LogP) is 4.42. The average Bonchev–Trinajstić information content (AvgIpc) is 2.73. The van der Waals surface area contributed by atoms with Crippen molar-refractivity contribution in [2.45, 2.75) is 32.6 Å². The Labute approximate surface area is 181 Å². The third-order valence-corrected chi connectivity index (χ3v) is 5.88. The van der Waals surface area contributed by atoms with Gasteiger partial charge in [0.05, 0.1) is 18.6 Å². The number of hydrogen-bond donors (Lipinski definition) is 1. The van der Waals surface area contributed by atoms with Crippen molar-refractivity contribution in [3.63, 3.8) is 0 Å². The van der Waals surface area contributed by atoms with Gasteiger partial charge in [0.15, 0.2) is 5.78 Å². The Morgan fingerprint density at radius 2 is 1.74 bits per heavy atom. The molecule has 1 atom stereocenters. The molecule has 31 heavy (non-hydrogen) atoms. The summed E-state index contributed by atoms with van der Waals surface area (Å²) < 4.78 is 18.7. The van der Waals surface area contributed by atoms with E-state index in [0.717, 1.165) is 11.3 Å². The summed E-state index contributed by atoms with van der Waals surface area (Å²) in [6.07, 6.45) is 0.949. The largest absolute Gasteiger partial charge is 0.466 e. The van der Waals surface area contributed by atoms with Gasteiger partial charge in [-0.3, -0.25) is 9.69 Å². The number of ketones is 1. The number of hydrogen-bond acceptors (Lipinski definition) is 5. The van der Waals surface area contributed by atoms with Gasteiger partial charge >= 0.3 is 5.97 Å². The SMILES string of the molecule is COC(=O)C1=C(N)N(c2ccc(F)cc2)C2=C(C(=O)CC(C)(C)C2)C1c1ccccc1. The van der Waals surface area contributed by atoms with Gasteiger partial charge in [-0.05, 0) is 41.7 Å². The molecule has 0 saturated carbocycles. The number of nitrogens with zero attached hydrogens (tertiary/aromatic N) is 1. The summed E-state index contributed by atoms with van der Waals surface area (Å²) in [7, 11) is 1.29. The first-order valence-electron chi connectivity index (χ1n) is 10.2. The number of carbonyl (C=O) groups excluding carboxylic acids is 2. The Hall–Kier alpha value is -3.41. The van der Waals surface area contributed by atoms with Crippen LogP contribution in [0.1, 0.15) is 38.2 Å². The fourth-order valence-corrected chi connectivity index (χ4v) is 4.58. The molecule has 1 aliphatic heterocycles. The van der Waals surface area contributed by atoms with Crippen LogP contribution in [0.15, 0.2) is 77.3 Å². The number of carbonyl (C=O) groups is 2. The van der Waals surface area contributed by atoms with Crippen molar-refractivity contribution in [1.82, 2.24) is 0 Å². The molecule has 0 bridgehead atoms. The summed E-state index contributed by atoms with van der Waals surface area (Å²) >= 11 is 0. The molecule has 160 valence electrons. The normalized spacial score (nSPS) is 20.6. The lowest BCUT2D eigenvalue weighted by Gasteiger charge is -2.44. The number of benzene rings is 2. The number of ether oxygens (including phenoxy) is 1. The van der Waals surface area contributed by atoms with E-state index in [-0.39, 0.29) is 28.4 Å². The molecule has 1 aliphatic carbocycles. The number of Topliss-reactive ketones (excluding diaryl/α,β-unsaturated/α-hetero) is 1. The zero-order valence-corrected chi connectivity index (χ0v) is 17.8. The third-order valence-electron chi connectivity index (χ3n) is 5.88. The Balaban J connectivity index is 2.02. The third kappa shape index (κ3) is 3.63. The number of anilines is 1. The first-order valence-corrected chi connectivity index (χ1v) is 10.2. The van der Waals surface area contributed by atoms with E-state index >= 15 is 0 Å². The van der Waals surface area contributed by atoms with Crippen LogP contribution in [0.4, 0.5) is 10.1 Å². The molecule has 5 nitrogen and oxygen atoms in total. The molecule has 2 aromatic rings. The van der Waals surface area contributed by atoms with E-state index in [0.29, 0.717) is 24.1 Å². The van der Waals surface area contributed by atoms with Gasteiger partial charge < -0.3 is 10.5 Å². The predicted molar refractivity (Wildman–Crippen MR) is 116 cm³/mol. The lowest BCUT2D eigenvalue weighted by atomic mass is 9.68. The van der Waals surface area contributed by atoms with Gasteiger partial charge in [0.1, 0.15) is 11.6 Å². The Morgan fingerprint density at radius 3 is 2.35 bits per heavy atom. The van der Waals surface area contributed by atoms with Crippen molar-refractivity contribution in [1.29, 1.82) is 0 Å². The molecule has 2 aromatic carbocycles. The maximum Gasteiger partial charge on any atom is 0.338 e. The molecule has 0 aromatic heterocycles. The standard InChI is InChI=1S/C25H25FN2O3/c1-25(2)13-18-21(19(29)14-25)20(15-7-5-4-6-8-15)22(24(30)31-3)23(27)28(18)17-11-9-16(26)10-12-17/h4-12,20H,13-14,27H2,1-3H3. The highest BCUT2D eigenvalue weighted by atomic mass is 19.1. The smallest absolute Gasteiger partial charge is 0.338 e. The molecule has 2 aliphatic rings. The molecule has 0 amide bonds. The zero-order chi connectivity index (χ0) is 22.3. The van der Waals surface area contributed by atoms with Gasteiger partial charge in [-0.25, -0.2) is 9.18 Å². The monoisotopic (exact) mass is 420 g/mol. The molecule has 0 fully saturated rings. The summed E-state index contributed by atoms with van der Waals surface area (Å²) in [6, 6.07) is 15.2. The maximum absolute atomic E-state index is 13.6. The van der Waals surface area contributed by atoms with E-state index < -0.39 is 11.9 Å². The highest BCUT2D eigenvalue weighted by Crippen LogP contribution is 2.50. The van der Waals surface area contributed by atoms with Crippen LogP contribution in [-0.4, -0.2) is 18.9 Å². The Morgan fingerprint density at radius 1 is 1.10 bits per heavy atom. The van der Waals surface area contributed by atoms with Crippen molar-refractivity contribution in [3.8, 4) is 0 Å². The fourth-order valence-electron chi connectivity index (χ4n) is 4.58. The second kappa shape index (κ2) is 7.69. The van der Waals surface area contributed by atoms with Crippen molar-refractivity contribution in [2.24, 2.45) is 11.1 Å². The van der Waals surface area contributed by atoms with Crippen molar-refractivity contribution in [3.05, 3.63) is 88.6 Å². The molecule has 0 spiro atoms. The van der Waals surface area contributed by atoms with Crippen LogP contribution in [0, 0.1) is 11.2 Å². The van der Waals surface area contributed by atoms with Gasteiger partial charge in [0, 0.05) is 23.4 Å². The average molecular weight is 420 g/mol. The Kier molecular flexibility index (Phi) is 5.17. The molecule has 0 saturated heterocycles. The first kappa shape index (κ1) is 20.8. The second-order valence-electron chi connectivity index (χ2n) is 8.75. The second-order valence-corrected chi connectivity index (χ2v) is 8.75. The lowest BCUT2D eigenvalue weighted by molar-refractivity contribution is -0.136. The van der Waals surface area contributed by atoms with Gasteiger partial charge in [0.2, 0.25) is 0 Å². The van der Waals surface area contributed by atoms with Crippen LogP contribution in [0.2, 0.25) is 0 Å². The molecule has 4 rings (SSSR count). The van der Waals surface area contributed by atoms with E-state index in [4.69, 9.17) is 10.5 Å². The quantitative estimate of drug-likeness (QED) is 0.745. The minimum atomic E-state index is -0.621. The van der Waals surface area contributed by atoms with E-state index in [1.165, 1.54) is 19.2 Å². The van der Waals surface area contributed by atoms with E-state index in [2.05, 4.69) is 0 Å². The number of methoxy groups -OCH3 is 1. The van der Waals surface area contributed by atoms with Crippen LogP contribution in [0.3, 0.4) is 0 Å². The Bertz CT molecular complexity index is 1100. The number of nitrogens with two attached hydrogens (primary N) is 1. The molecular formula is C25H25FN2O3. The summed E-state index contributed by atoms with van der Waals surface area (Å²) in [4.78, 5) is 28.1. The highest BCUT2D eigenvalue weighted by Gasteiger charge is 2.46. The topological polar surface area (TPSA) is 72.6 Å². The molecule has 6 heteroatoms. The molecule has 1 unspecified atom stereocenters. The van der Waals surface area contributed by atoms with Gasteiger partial charge in [0.25, 0.3) is 0 Å². The molecule has 0 radical (unpaired) electrons. The number of halogens is 1. The minimum absolute atomic E-state index is 0.0267.